The first-order chi connectivity index (χ1) is 9.72. The lowest BCUT2D eigenvalue weighted by molar-refractivity contribution is 0.475. The quantitative estimate of drug-likeness (QED) is 0.479. The first-order valence-corrected chi connectivity index (χ1v) is 11.3. The van der Waals surface area contributed by atoms with E-state index in [1.807, 2.05) is 23.9 Å². The molecule has 0 amide bonds. The number of thioether (sulfide) groups is 1. The number of phenolic OH excluding ortho intramolecular Hbond substituents is 1. The lowest BCUT2D eigenvalue weighted by Crippen LogP contribution is -2.60. The van der Waals surface area contributed by atoms with Gasteiger partial charge in [0, 0.05) is 4.90 Å². The van der Waals surface area contributed by atoms with Gasteiger partial charge in [-0.2, -0.15) is 0 Å². The Morgan fingerprint density at radius 1 is 0.773 bits per heavy atom. The molecule has 0 saturated heterocycles. The molecule has 0 aliphatic heterocycles. The molecule has 0 unspecified atom stereocenters. The van der Waals surface area contributed by atoms with Gasteiger partial charge in [0.15, 0.2) is 0 Å². The third kappa shape index (κ3) is 3.73. The smallest absolute Gasteiger partial charge is 0.115 e. The van der Waals surface area contributed by atoms with E-state index in [-0.39, 0.29) is 0 Å². The summed E-state index contributed by atoms with van der Waals surface area (Å²) >= 11 is 1.97. The Balaban J connectivity index is 3.24. The number of benzene rings is 1. The summed E-state index contributed by atoms with van der Waals surface area (Å²) in [6, 6.07) is 7.65. The number of hydrogen-bond acceptors (Lipinski definition) is 2. The van der Waals surface area contributed by atoms with Gasteiger partial charge in [0.1, 0.15) is 5.75 Å². The average Bonchev–Trinajstić information content (AvgIpc) is 2.26. The first-order valence-electron chi connectivity index (χ1n) is 8.14. The van der Waals surface area contributed by atoms with Crippen LogP contribution in [0.5, 0.6) is 5.75 Å². The molecule has 1 aromatic carbocycles. The molecule has 0 fully saturated rings. The predicted octanol–water partition coefficient (Wildman–Crippen LogP) is 6.87. The van der Waals surface area contributed by atoms with Crippen LogP contribution in [0.15, 0.2) is 29.2 Å². The van der Waals surface area contributed by atoms with E-state index in [2.05, 4.69) is 62.3 Å². The van der Waals surface area contributed by atoms with Gasteiger partial charge in [-0.3, -0.25) is 0 Å². The lowest BCUT2D eigenvalue weighted by Gasteiger charge is -2.59. The van der Waals surface area contributed by atoms with Crippen LogP contribution in [-0.2, 0) is 0 Å². The van der Waals surface area contributed by atoms with Crippen LogP contribution in [0.2, 0.25) is 15.1 Å². The maximum atomic E-state index is 9.47. The molecule has 0 radical (unpaired) electrons. The largest absolute Gasteiger partial charge is 0.508 e. The van der Waals surface area contributed by atoms with Crippen LogP contribution in [-0.4, -0.2) is 18.6 Å². The Morgan fingerprint density at radius 2 is 1.14 bits per heavy atom. The minimum atomic E-state index is -1.70. The number of phenols is 1. The van der Waals surface area contributed by atoms with Gasteiger partial charge in [0.25, 0.3) is 0 Å². The van der Waals surface area contributed by atoms with Gasteiger partial charge in [-0.25, -0.2) is 0 Å². The summed E-state index contributed by atoms with van der Waals surface area (Å²) in [4.78, 5) is 1.26. The molecule has 0 saturated carbocycles. The van der Waals surface area contributed by atoms with E-state index in [9.17, 15) is 5.11 Å². The molecule has 0 spiro atoms. The monoisotopic (exact) mass is 338 g/mol. The van der Waals surface area contributed by atoms with Crippen molar-refractivity contribution in [2.75, 3.05) is 5.38 Å². The summed E-state index contributed by atoms with van der Waals surface area (Å²) in [5.74, 6) is 0.343. The minimum Gasteiger partial charge on any atom is -0.508 e. The fraction of sp³-hybridized carbons (Fsp3) is 0.684. The van der Waals surface area contributed by atoms with Crippen molar-refractivity contribution in [1.82, 2.24) is 0 Å². The van der Waals surface area contributed by atoms with Crippen LogP contribution in [0.3, 0.4) is 0 Å². The maximum absolute atomic E-state index is 9.47. The Labute approximate surface area is 142 Å². The zero-order valence-corrected chi connectivity index (χ0v) is 17.7. The molecule has 1 aromatic rings. The van der Waals surface area contributed by atoms with Crippen LogP contribution in [0.1, 0.15) is 62.3 Å². The molecule has 22 heavy (non-hydrogen) atoms. The number of aromatic hydroxyl groups is 1. The van der Waals surface area contributed by atoms with Gasteiger partial charge < -0.3 is 5.11 Å². The zero-order chi connectivity index (χ0) is 17.4. The van der Waals surface area contributed by atoms with Crippen LogP contribution < -0.4 is 0 Å². The second-order valence-electron chi connectivity index (χ2n) is 9.44. The Bertz CT molecular complexity index is 450. The van der Waals surface area contributed by atoms with Gasteiger partial charge >= 0.3 is 0 Å². The van der Waals surface area contributed by atoms with Gasteiger partial charge in [-0.15, -0.1) is 11.8 Å². The van der Waals surface area contributed by atoms with Crippen LogP contribution in [0.25, 0.3) is 0 Å². The van der Waals surface area contributed by atoms with Crippen molar-refractivity contribution in [3.63, 3.8) is 0 Å². The van der Waals surface area contributed by atoms with E-state index in [0.29, 0.717) is 20.9 Å². The summed E-state index contributed by atoms with van der Waals surface area (Å²) in [7, 11) is -1.70. The van der Waals surface area contributed by atoms with Crippen molar-refractivity contribution >= 4 is 19.8 Å². The van der Waals surface area contributed by atoms with Crippen LogP contribution >= 0.6 is 11.8 Å². The molecule has 0 aliphatic carbocycles. The summed E-state index contributed by atoms with van der Waals surface area (Å²) in [5.41, 5.74) is 0. The molecule has 1 nitrogen and oxygen atoms in total. The Morgan fingerprint density at radius 3 is 1.45 bits per heavy atom. The van der Waals surface area contributed by atoms with E-state index in [0.717, 1.165) is 0 Å². The summed E-state index contributed by atoms with van der Waals surface area (Å²) in [6.45, 7) is 21.9. The molecule has 1 rings (SSSR count). The highest BCUT2D eigenvalue weighted by Crippen LogP contribution is 2.63. The fourth-order valence-electron chi connectivity index (χ4n) is 4.76. The average molecular weight is 339 g/mol. The lowest BCUT2D eigenvalue weighted by atomic mass is 10.2. The van der Waals surface area contributed by atoms with Gasteiger partial charge in [0.05, 0.1) is 8.07 Å². The van der Waals surface area contributed by atoms with Gasteiger partial charge in [-0.1, -0.05) is 62.3 Å². The highest BCUT2D eigenvalue weighted by atomic mass is 32.2. The third-order valence-electron chi connectivity index (χ3n) is 5.13. The minimum absolute atomic E-state index is 0.327. The molecule has 126 valence electrons. The normalized spacial score (nSPS) is 14.2. The Kier molecular flexibility index (Phi) is 5.57. The molecule has 0 aromatic heterocycles. The molecule has 3 heteroatoms. The van der Waals surface area contributed by atoms with Crippen molar-refractivity contribution in [2.45, 2.75) is 82.3 Å². The maximum Gasteiger partial charge on any atom is 0.115 e. The predicted molar refractivity (Wildman–Crippen MR) is 104 cm³/mol. The fourth-order valence-corrected chi connectivity index (χ4v) is 18.6. The van der Waals surface area contributed by atoms with E-state index >= 15 is 0 Å². The van der Waals surface area contributed by atoms with E-state index < -0.39 is 8.07 Å². The van der Waals surface area contributed by atoms with Crippen molar-refractivity contribution in [1.29, 1.82) is 0 Å². The van der Waals surface area contributed by atoms with Gasteiger partial charge in [0.2, 0.25) is 0 Å². The summed E-state index contributed by atoms with van der Waals surface area (Å²) in [6.07, 6.45) is 0. The van der Waals surface area contributed by atoms with Crippen molar-refractivity contribution in [3.05, 3.63) is 24.3 Å². The highest BCUT2D eigenvalue weighted by molar-refractivity contribution is 8.01. The Hall–Kier alpha value is -0.413. The van der Waals surface area contributed by atoms with Crippen molar-refractivity contribution in [2.24, 2.45) is 0 Å². The second-order valence-corrected chi connectivity index (χ2v) is 17.7. The topological polar surface area (TPSA) is 20.2 Å². The standard InChI is InChI=1S/C19H34OSSi/c1-17(2,3)22(18(4,5)6,19(7,8)9)14-21-16-12-10-15(20)11-13-16/h10-13,20H,14H2,1-9H3. The van der Waals surface area contributed by atoms with Crippen molar-refractivity contribution in [3.8, 4) is 5.75 Å². The molecule has 0 aliphatic rings. The third-order valence-corrected chi connectivity index (χ3v) is 15.7. The first kappa shape index (κ1) is 19.6. The second kappa shape index (κ2) is 6.24. The molecule has 1 N–H and O–H groups in total. The van der Waals surface area contributed by atoms with Crippen molar-refractivity contribution < 1.29 is 5.11 Å². The molecular formula is C19H34OSSi. The van der Waals surface area contributed by atoms with Crippen LogP contribution in [0.4, 0.5) is 0 Å². The molecule has 0 bridgehead atoms. The molecule has 0 atom stereocenters. The number of rotatable bonds is 3. The van der Waals surface area contributed by atoms with Gasteiger partial charge in [-0.05, 0) is 44.8 Å². The van der Waals surface area contributed by atoms with Crippen LogP contribution in [0, 0.1) is 0 Å². The SMILES string of the molecule is CC(C)(C)[Si](CSc1ccc(O)cc1)(C(C)(C)C)C(C)(C)C. The van der Waals surface area contributed by atoms with E-state index in [1.54, 1.807) is 12.1 Å². The summed E-state index contributed by atoms with van der Waals surface area (Å²) in [5, 5.41) is 11.7. The van der Waals surface area contributed by atoms with E-state index in [4.69, 9.17) is 0 Å². The summed E-state index contributed by atoms with van der Waals surface area (Å²) < 4.78 is 0. The number of hydrogen-bond donors (Lipinski definition) is 1. The zero-order valence-electron chi connectivity index (χ0n) is 15.9. The van der Waals surface area contributed by atoms with E-state index in [1.165, 1.54) is 10.3 Å². The molecular weight excluding hydrogens is 304 g/mol. The highest BCUT2D eigenvalue weighted by Gasteiger charge is 2.59. The molecule has 0 heterocycles.